The van der Waals surface area contributed by atoms with E-state index in [0.29, 0.717) is 24.8 Å². The lowest BCUT2D eigenvalue weighted by atomic mass is 10.1. The molecule has 31 heavy (non-hydrogen) atoms. The predicted molar refractivity (Wildman–Crippen MR) is 110 cm³/mol. The van der Waals surface area contributed by atoms with Crippen molar-refractivity contribution >= 4 is 17.3 Å². The molecule has 0 saturated heterocycles. The zero-order valence-corrected chi connectivity index (χ0v) is 17.4. The molecule has 0 spiro atoms. The first-order valence-electron chi connectivity index (χ1n) is 9.02. The van der Waals surface area contributed by atoms with Crippen molar-refractivity contribution in [2.75, 3.05) is 7.11 Å². The molecular weight excluding hydrogens is 424 g/mol. The van der Waals surface area contributed by atoms with E-state index in [2.05, 4.69) is 10.1 Å². The average molecular weight is 445 g/mol. The van der Waals surface area contributed by atoms with Crippen LogP contribution in [-0.4, -0.2) is 28.4 Å². The Labute approximate surface area is 184 Å². The van der Waals surface area contributed by atoms with Gasteiger partial charge in [-0.2, -0.15) is 5.01 Å². The van der Waals surface area contributed by atoms with E-state index in [1.54, 1.807) is 31.6 Å². The SMILES string of the molecule is COc1ccc2c(c1)C(OCc1ccncc1)=N[NH+]2Cc1cccc([N+](=O)[O-])c1.O.[Cl-]. The molecule has 0 bridgehead atoms. The molecule has 1 unspecified atom stereocenters. The minimum Gasteiger partial charge on any atom is -1.00 e. The first kappa shape index (κ1) is 23.7. The summed E-state index contributed by atoms with van der Waals surface area (Å²) in [6.07, 6.45) is 3.43. The Bertz CT molecular complexity index is 1080. The third-order valence-electron chi connectivity index (χ3n) is 4.62. The minimum atomic E-state index is -0.395. The molecule has 0 radical (unpaired) electrons. The van der Waals surface area contributed by atoms with Crippen LogP contribution in [0, 0.1) is 10.1 Å². The van der Waals surface area contributed by atoms with Gasteiger partial charge in [0, 0.05) is 36.2 Å². The van der Waals surface area contributed by atoms with Crippen LogP contribution in [0.15, 0.2) is 72.1 Å². The van der Waals surface area contributed by atoms with Gasteiger partial charge in [-0.3, -0.25) is 15.1 Å². The number of benzene rings is 2. The van der Waals surface area contributed by atoms with Crippen LogP contribution < -0.4 is 22.2 Å². The van der Waals surface area contributed by atoms with Crippen LogP contribution in [-0.2, 0) is 17.9 Å². The van der Waals surface area contributed by atoms with E-state index < -0.39 is 4.92 Å². The van der Waals surface area contributed by atoms with Gasteiger partial charge in [0.2, 0.25) is 0 Å². The molecular formula is C21H21ClN4O5. The summed E-state index contributed by atoms with van der Waals surface area (Å²) in [5, 5.41) is 16.5. The smallest absolute Gasteiger partial charge is 0.281 e. The summed E-state index contributed by atoms with van der Waals surface area (Å²) in [6.45, 7) is 0.825. The van der Waals surface area contributed by atoms with Gasteiger partial charge in [0.1, 0.15) is 24.5 Å². The first-order chi connectivity index (χ1) is 14.1. The Hall–Kier alpha value is -3.53. The number of non-ortho nitro benzene ring substituents is 1. The lowest BCUT2D eigenvalue weighted by Gasteiger charge is -2.09. The Balaban J connectivity index is 0.00000171. The number of methoxy groups -OCH3 is 1. The molecule has 0 fully saturated rings. The monoisotopic (exact) mass is 444 g/mol. The number of pyridine rings is 1. The molecule has 2 heterocycles. The number of nitro benzene ring substituents is 1. The number of nitrogens with zero attached hydrogens (tertiary/aromatic N) is 3. The van der Waals surface area contributed by atoms with E-state index in [9.17, 15) is 10.1 Å². The molecule has 10 heteroatoms. The summed E-state index contributed by atoms with van der Waals surface area (Å²) in [4.78, 5) is 14.7. The van der Waals surface area contributed by atoms with Crippen molar-refractivity contribution in [1.29, 1.82) is 0 Å². The van der Waals surface area contributed by atoms with Crippen LogP contribution in [0.4, 0.5) is 11.4 Å². The lowest BCUT2D eigenvalue weighted by molar-refractivity contribution is -0.852. The summed E-state index contributed by atoms with van der Waals surface area (Å²) in [6, 6.07) is 16.1. The van der Waals surface area contributed by atoms with Crippen LogP contribution in [0.2, 0.25) is 0 Å². The van der Waals surface area contributed by atoms with Crippen LogP contribution in [0.5, 0.6) is 5.75 Å². The van der Waals surface area contributed by atoms with Gasteiger partial charge >= 0.3 is 0 Å². The summed E-state index contributed by atoms with van der Waals surface area (Å²) >= 11 is 0. The van der Waals surface area contributed by atoms with Gasteiger partial charge < -0.3 is 27.4 Å². The molecule has 1 atom stereocenters. The van der Waals surface area contributed by atoms with Gasteiger partial charge in [-0.15, -0.1) is 0 Å². The highest BCUT2D eigenvalue weighted by molar-refractivity contribution is 5.99. The number of halogens is 1. The quantitative estimate of drug-likeness (QED) is 0.377. The summed E-state index contributed by atoms with van der Waals surface area (Å²) in [7, 11) is 1.61. The molecule has 1 aliphatic rings. The Morgan fingerprint density at radius 2 is 1.84 bits per heavy atom. The van der Waals surface area contributed by atoms with E-state index in [1.807, 2.05) is 36.4 Å². The summed E-state index contributed by atoms with van der Waals surface area (Å²) < 4.78 is 11.3. The molecule has 162 valence electrons. The van der Waals surface area contributed by atoms with E-state index >= 15 is 0 Å². The number of ether oxygens (including phenoxy) is 2. The number of rotatable bonds is 6. The number of aromatic nitrogens is 1. The molecule has 3 aromatic rings. The number of quaternary nitrogens is 1. The van der Waals surface area contributed by atoms with Crippen molar-refractivity contribution in [3.8, 4) is 5.75 Å². The molecule has 4 rings (SSSR count). The fourth-order valence-electron chi connectivity index (χ4n) is 3.17. The maximum absolute atomic E-state index is 11.1. The molecule has 0 aliphatic carbocycles. The number of nitrogens with one attached hydrogen (secondary N) is 1. The minimum absolute atomic E-state index is 0. The summed E-state index contributed by atoms with van der Waals surface area (Å²) in [5.41, 5.74) is 3.64. The van der Waals surface area contributed by atoms with Crippen LogP contribution >= 0.6 is 0 Å². The predicted octanol–water partition coefficient (Wildman–Crippen LogP) is -1.21. The third-order valence-corrected chi connectivity index (χ3v) is 4.62. The fourth-order valence-corrected chi connectivity index (χ4v) is 3.17. The molecule has 0 amide bonds. The number of fused-ring (bicyclic) bond motifs is 1. The van der Waals surface area contributed by atoms with Gasteiger partial charge in [0.15, 0.2) is 5.69 Å². The second-order valence-electron chi connectivity index (χ2n) is 6.52. The Morgan fingerprint density at radius 1 is 1.06 bits per heavy atom. The van der Waals surface area contributed by atoms with Gasteiger partial charge in [0.05, 0.1) is 12.0 Å². The number of hydrogen-bond acceptors (Lipinski definition) is 6. The average Bonchev–Trinajstić information content (AvgIpc) is 3.09. The zero-order valence-electron chi connectivity index (χ0n) is 16.6. The largest absolute Gasteiger partial charge is 1.00 e. The van der Waals surface area contributed by atoms with Crippen molar-refractivity contribution < 1.29 is 37.3 Å². The van der Waals surface area contributed by atoms with E-state index in [-0.39, 0.29) is 23.6 Å². The van der Waals surface area contributed by atoms with E-state index in [4.69, 9.17) is 9.47 Å². The van der Waals surface area contributed by atoms with E-state index in [0.717, 1.165) is 27.4 Å². The number of hydrogen-bond donors (Lipinski definition) is 1. The van der Waals surface area contributed by atoms with Crippen molar-refractivity contribution in [2.45, 2.75) is 13.2 Å². The first-order valence-corrected chi connectivity index (χ1v) is 9.02. The third kappa shape index (κ3) is 5.34. The second-order valence-corrected chi connectivity index (χ2v) is 6.52. The van der Waals surface area contributed by atoms with Gasteiger partial charge in [-0.1, -0.05) is 12.1 Å². The maximum Gasteiger partial charge on any atom is 0.281 e. The highest BCUT2D eigenvalue weighted by Crippen LogP contribution is 2.24. The van der Waals surface area contributed by atoms with Gasteiger partial charge in [0.25, 0.3) is 11.6 Å². The van der Waals surface area contributed by atoms with Crippen LogP contribution in [0.1, 0.15) is 16.7 Å². The maximum atomic E-state index is 11.1. The zero-order chi connectivity index (χ0) is 20.2. The Morgan fingerprint density at radius 3 is 2.55 bits per heavy atom. The summed E-state index contributed by atoms with van der Waals surface area (Å²) in [5.74, 6) is 1.22. The van der Waals surface area contributed by atoms with Crippen molar-refractivity contribution in [3.63, 3.8) is 0 Å². The highest BCUT2D eigenvalue weighted by Gasteiger charge is 2.31. The second kappa shape index (κ2) is 10.5. The molecule has 0 saturated carbocycles. The van der Waals surface area contributed by atoms with Gasteiger partial charge in [-0.25, -0.2) is 0 Å². The van der Waals surface area contributed by atoms with E-state index in [1.165, 1.54) is 6.07 Å². The molecule has 1 aliphatic heterocycles. The normalized spacial score (nSPS) is 13.8. The topological polar surface area (TPSA) is 123 Å². The van der Waals surface area contributed by atoms with Gasteiger partial charge in [-0.05, 0) is 34.9 Å². The molecule has 1 aromatic heterocycles. The van der Waals surface area contributed by atoms with Crippen LogP contribution in [0.3, 0.4) is 0 Å². The number of nitro groups is 1. The highest BCUT2D eigenvalue weighted by atomic mass is 35.5. The van der Waals surface area contributed by atoms with Crippen molar-refractivity contribution in [2.24, 2.45) is 5.10 Å². The van der Waals surface area contributed by atoms with Crippen molar-refractivity contribution in [3.05, 3.63) is 93.8 Å². The standard InChI is InChI=1S/C21H18N4O4.ClH.H2O/c1-28-18-5-6-20-19(12-18)21(29-14-15-7-9-22-10-8-15)23-24(20)13-16-3-2-4-17(11-16)25(26)27;;/h2-12H,13-14H2,1H3;1H;1H2. The van der Waals surface area contributed by atoms with Crippen molar-refractivity contribution in [1.82, 2.24) is 4.98 Å². The molecule has 2 aromatic carbocycles. The van der Waals surface area contributed by atoms with Crippen LogP contribution in [0.25, 0.3) is 0 Å². The molecule has 9 nitrogen and oxygen atoms in total. The lowest BCUT2D eigenvalue weighted by Crippen LogP contribution is -3.00. The Kier molecular flexibility index (Phi) is 8.03. The fraction of sp³-hybridized carbons (Fsp3) is 0.143. The molecule has 3 N–H and O–H groups in total.